The zero-order valence-electron chi connectivity index (χ0n) is 35.2. The Hall–Kier alpha value is -7.98. The maximum atomic E-state index is 4.44. The molecule has 0 bridgehead atoms. The maximum absolute atomic E-state index is 4.44. The third kappa shape index (κ3) is 6.49. The number of benzene rings is 9. The minimum absolute atomic E-state index is 0.886. The molecule has 12 rings (SSSR count). The fourth-order valence-corrected chi connectivity index (χ4v) is 10.8. The average molecular weight is 835 g/mol. The Labute approximate surface area is 377 Å². The van der Waals surface area contributed by atoms with Gasteiger partial charge in [0.05, 0.1) is 16.7 Å². The number of hydrogen-bond donors (Lipinski definition) is 0. The van der Waals surface area contributed by atoms with Crippen LogP contribution in [-0.2, 0) is 6.42 Å². The number of fused-ring (bicyclic) bond motifs is 9. The smallest absolute Gasteiger partial charge is 0.0554 e. The molecule has 0 saturated carbocycles. The zero-order chi connectivity index (χ0) is 42.6. The molecule has 0 spiro atoms. The predicted octanol–water partition coefficient (Wildman–Crippen LogP) is 17.3. The summed E-state index contributed by atoms with van der Waals surface area (Å²) >= 11 is 1.86. The third-order valence-corrected chi connectivity index (χ3v) is 13.9. The Kier molecular flexibility index (Phi) is 9.28. The van der Waals surface area contributed by atoms with Crippen molar-refractivity contribution in [3.05, 3.63) is 248 Å². The third-order valence-electron chi connectivity index (χ3n) is 12.8. The molecule has 0 radical (unpaired) electrons. The van der Waals surface area contributed by atoms with Crippen LogP contribution in [0, 0.1) is 0 Å². The number of thiophene rings is 1. The summed E-state index contributed by atoms with van der Waals surface area (Å²) in [6.45, 7) is 4.44. The molecular formula is C61H42N2S. The SMILES string of the molecule is C=C1/C=C\C=C/Cc2ccccc2-c2cc(-c3ccc(-n4c5ccccc5c5cc(-c6ccc(N(c7ccccc7)c7cccc8sc9ccccc9c78)cc6)ccc54)cc3)ccc21. The van der Waals surface area contributed by atoms with Crippen molar-refractivity contribution in [3.63, 3.8) is 0 Å². The molecule has 3 heteroatoms. The van der Waals surface area contributed by atoms with Crippen LogP contribution in [0.3, 0.4) is 0 Å². The Morgan fingerprint density at radius 3 is 1.97 bits per heavy atom. The first-order valence-corrected chi connectivity index (χ1v) is 22.7. The van der Waals surface area contributed by atoms with Gasteiger partial charge in [-0.1, -0.05) is 158 Å². The lowest BCUT2D eigenvalue weighted by Crippen LogP contribution is -2.10. The first-order valence-electron chi connectivity index (χ1n) is 21.9. The molecule has 1 aliphatic rings. The highest BCUT2D eigenvalue weighted by Gasteiger charge is 2.20. The van der Waals surface area contributed by atoms with Crippen LogP contribution >= 0.6 is 11.3 Å². The van der Waals surface area contributed by atoms with Crippen LogP contribution in [0.15, 0.2) is 237 Å². The lowest BCUT2D eigenvalue weighted by atomic mass is 9.88. The van der Waals surface area contributed by atoms with Crippen LogP contribution < -0.4 is 4.90 Å². The van der Waals surface area contributed by atoms with Crippen LogP contribution in [0.2, 0.25) is 0 Å². The van der Waals surface area contributed by atoms with Gasteiger partial charge < -0.3 is 9.47 Å². The second-order valence-corrected chi connectivity index (χ2v) is 17.6. The average Bonchev–Trinajstić information content (AvgIpc) is 3.90. The fraction of sp³-hybridized carbons (Fsp3) is 0.0164. The summed E-state index contributed by atoms with van der Waals surface area (Å²) in [6.07, 6.45) is 9.42. The summed E-state index contributed by atoms with van der Waals surface area (Å²) < 4.78 is 5.00. The van der Waals surface area contributed by atoms with E-state index in [9.17, 15) is 0 Å². The van der Waals surface area contributed by atoms with Crippen molar-refractivity contribution in [2.75, 3.05) is 4.90 Å². The highest BCUT2D eigenvalue weighted by Crippen LogP contribution is 2.45. The minimum Gasteiger partial charge on any atom is -0.310 e. The van der Waals surface area contributed by atoms with Crippen molar-refractivity contribution in [2.45, 2.75) is 6.42 Å². The van der Waals surface area contributed by atoms with E-state index in [1.54, 1.807) is 0 Å². The molecule has 2 heterocycles. The minimum atomic E-state index is 0.886. The molecule has 0 unspecified atom stereocenters. The number of anilines is 3. The number of hydrogen-bond acceptors (Lipinski definition) is 2. The van der Waals surface area contributed by atoms with Gasteiger partial charge in [-0.25, -0.2) is 0 Å². The van der Waals surface area contributed by atoms with E-state index >= 15 is 0 Å². The molecule has 2 nitrogen and oxygen atoms in total. The lowest BCUT2D eigenvalue weighted by molar-refractivity contribution is 1.18. The van der Waals surface area contributed by atoms with Gasteiger partial charge in [-0.2, -0.15) is 0 Å². The Bertz CT molecular complexity index is 3640. The second-order valence-electron chi connectivity index (χ2n) is 16.5. The molecule has 1 aliphatic carbocycles. The maximum Gasteiger partial charge on any atom is 0.0554 e. The Morgan fingerprint density at radius 2 is 1.11 bits per heavy atom. The predicted molar refractivity (Wildman–Crippen MR) is 276 cm³/mol. The van der Waals surface area contributed by atoms with Crippen molar-refractivity contribution in [3.8, 4) is 39.1 Å². The summed E-state index contributed by atoms with van der Waals surface area (Å²) in [5, 5.41) is 5.05. The molecule has 0 aliphatic heterocycles. The van der Waals surface area contributed by atoms with Gasteiger partial charge in [0.1, 0.15) is 0 Å². The lowest BCUT2D eigenvalue weighted by Gasteiger charge is -2.26. The number of aromatic nitrogens is 1. The van der Waals surface area contributed by atoms with Crippen molar-refractivity contribution < 1.29 is 0 Å². The van der Waals surface area contributed by atoms with Crippen molar-refractivity contribution >= 4 is 76.0 Å². The largest absolute Gasteiger partial charge is 0.310 e. The van der Waals surface area contributed by atoms with Crippen LogP contribution in [0.4, 0.5) is 17.1 Å². The molecule has 9 aromatic carbocycles. The zero-order valence-corrected chi connectivity index (χ0v) is 36.0. The van der Waals surface area contributed by atoms with Crippen LogP contribution in [0.5, 0.6) is 0 Å². The van der Waals surface area contributed by atoms with E-state index in [1.165, 1.54) is 86.6 Å². The van der Waals surface area contributed by atoms with Crippen molar-refractivity contribution in [1.29, 1.82) is 0 Å². The molecule has 0 amide bonds. The molecule has 2 aromatic heterocycles. The van der Waals surface area contributed by atoms with E-state index in [4.69, 9.17) is 0 Å². The first kappa shape index (κ1) is 37.8. The van der Waals surface area contributed by atoms with E-state index in [0.29, 0.717) is 0 Å². The van der Waals surface area contributed by atoms with E-state index in [0.717, 1.165) is 34.6 Å². The van der Waals surface area contributed by atoms with Gasteiger partial charge >= 0.3 is 0 Å². The highest BCUT2D eigenvalue weighted by molar-refractivity contribution is 7.26. The van der Waals surface area contributed by atoms with Gasteiger partial charge in [0, 0.05) is 48.0 Å². The highest BCUT2D eigenvalue weighted by atomic mass is 32.1. The topological polar surface area (TPSA) is 8.17 Å². The van der Waals surface area contributed by atoms with E-state index in [-0.39, 0.29) is 0 Å². The number of para-hydroxylation sites is 2. The Balaban J connectivity index is 0.902. The summed E-state index contributed by atoms with van der Waals surface area (Å²) in [5.74, 6) is 0. The second kappa shape index (κ2) is 15.7. The Morgan fingerprint density at radius 1 is 0.453 bits per heavy atom. The van der Waals surface area contributed by atoms with Gasteiger partial charge in [0.15, 0.2) is 0 Å². The molecule has 0 fully saturated rings. The van der Waals surface area contributed by atoms with Gasteiger partial charge in [-0.3, -0.25) is 0 Å². The first-order chi connectivity index (χ1) is 31.7. The van der Waals surface area contributed by atoms with Crippen LogP contribution in [0.1, 0.15) is 11.1 Å². The van der Waals surface area contributed by atoms with E-state index in [2.05, 4.69) is 247 Å². The fourth-order valence-electron chi connectivity index (χ4n) is 9.71. The molecule has 302 valence electrons. The van der Waals surface area contributed by atoms with Gasteiger partial charge in [0.2, 0.25) is 0 Å². The van der Waals surface area contributed by atoms with Crippen molar-refractivity contribution in [2.24, 2.45) is 0 Å². The van der Waals surface area contributed by atoms with Gasteiger partial charge in [0.25, 0.3) is 0 Å². The summed E-state index contributed by atoms with van der Waals surface area (Å²) in [5.41, 5.74) is 17.6. The quantitative estimate of drug-likeness (QED) is 0.162. The number of allylic oxidation sites excluding steroid dienone is 5. The molecule has 0 N–H and O–H groups in total. The normalized spacial score (nSPS) is 13.5. The number of rotatable bonds is 6. The van der Waals surface area contributed by atoms with Crippen LogP contribution in [-0.4, -0.2) is 4.57 Å². The van der Waals surface area contributed by atoms with Gasteiger partial charge in [-0.15, -0.1) is 11.3 Å². The molecule has 64 heavy (non-hydrogen) atoms. The summed E-state index contributed by atoms with van der Waals surface area (Å²) in [4.78, 5) is 2.40. The van der Waals surface area contributed by atoms with Crippen LogP contribution in [0.25, 0.3) is 86.6 Å². The van der Waals surface area contributed by atoms with Gasteiger partial charge in [-0.05, 0) is 135 Å². The molecule has 0 atom stereocenters. The summed E-state index contributed by atoms with van der Waals surface area (Å²) in [6, 6.07) is 75.5. The molecule has 11 aromatic rings. The van der Waals surface area contributed by atoms with E-state index < -0.39 is 0 Å². The molecular weight excluding hydrogens is 793 g/mol. The van der Waals surface area contributed by atoms with E-state index in [1.807, 2.05) is 11.3 Å². The molecule has 0 saturated heterocycles. The number of nitrogens with zero attached hydrogens (tertiary/aromatic N) is 2. The summed E-state index contributed by atoms with van der Waals surface area (Å²) in [7, 11) is 0. The standard InChI is InChI=1S/C61H42N2S/c1-41-15-4-2-5-16-44-17-8-9-20-51(44)54-39-45(31-37-50(41)54)42-29-35-49(36-30-42)63-56-23-12-10-21-52(56)55-40-46(32-38-57(55)63)43-27-33-48(34-28-43)62(47-18-6-3-7-19-47)58-24-14-26-60-61(58)53-22-11-13-25-59(53)64-60/h2-15,17-40H,1,16H2/b5-2-,15-4-. The van der Waals surface area contributed by atoms with Crippen molar-refractivity contribution in [1.82, 2.24) is 4.57 Å². The monoisotopic (exact) mass is 834 g/mol.